The summed E-state index contributed by atoms with van der Waals surface area (Å²) in [4.78, 5) is 12.9. The number of rotatable bonds is 4. The highest BCUT2D eigenvalue weighted by Crippen LogP contribution is 2.50. The topological polar surface area (TPSA) is 118 Å². The van der Waals surface area contributed by atoms with Crippen LogP contribution in [0.15, 0.2) is 53.4 Å². The van der Waals surface area contributed by atoms with Gasteiger partial charge in [-0.3, -0.25) is 4.72 Å². The second-order valence-corrected chi connectivity index (χ2v) is 12.3. The standard InChI is InChI=1S/C27H26Cl2N2O6S/c1-14-6-8-16(9-7-14)38(35,36)30-19-13-18(28)25(33)23(24(19)29)22-17-12-15(2)31(20(17)10-11-21(22)32)26(34)37-27(3,4)5/h6-13,30,32-33H,1-5H3. The van der Waals surface area contributed by atoms with E-state index in [9.17, 15) is 23.4 Å². The van der Waals surface area contributed by atoms with Crippen molar-refractivity contribution in [2.24, 2.45) is 0 Å². The van der Waals surface area contributed by atoms with Crippen molar-refractivity contribution < 1.29 is 28.2 Å². The van der Waals surface area contributed by atoms with Gasteiger partial charge in [0.25, 0.3) is 10.0 Å². The maximum Gasteiger partial charge on any atom is 0.419 e. The van der Waals surface area contributed by atoms with E-state index in [-0.39, 0.29) is 37.5 Å². The van der Waals surface area contributed by atoms with E-state index in [0.717, 1.165) is 5.56 Å². The van der Waals surface area contributed by atoms with Gasteiger partial charge in [-0.2, -0.15) is 0 Å². The molecule has 0 spiro atoms. The van der Waals surface area contributed by atoms with E-state index >= 15 is 0 Å². The summed E-state index contributed by atoms with van der Waals surface area (Å²) in [7, 11) is -4.07. The number of hydrogen-bond donors (Lipinski definition) is 3. The number of nitrogens with zero attached hydrogens (tertiary/aromatic N) is 1. The van der Waals surface area contributed by atoms with Crippen molar-refractivity contribution in [3.63, 3.8) is 0 Å². The molecule has 4 rings (SSSR count). The molecule has 0 fully saturated rings. The maximum atomic E-state index is 13.0. The van der Waals surface area contributed by atoms with Gasteiger partial charge in [0.2, 0.25) is 0 Å². The average Bonchev–Trinajstić information content (AvgIpc) is 3.14. The number of nitrogens with one attached hydrogen (secondary N) is 1. The Morgan fingerprint density at radius 2 is 1.61 bits per heavy atom. The van der Waals surface area contributed by atoms with Crippen LogP contribution in [0, 0.1) is 13.8 Å². The molecule has 0 amide bonds. The molecule has 0 unspecified atom stereocenters. The average molecular weight is 577 g/mol. The zero-order valence-electron chi connectivity index (χ0n) is 21.3. The summed E-state index contributed by atoms with van der Waals surface area (Å²) in [5.41, 5.74) is 0.858. The van der Waals surface area contributed by atoms with Crippen LogP contribution in [0.2, 0.25) is 10.0 Å². The first-order chi connectivity index (χ1) is 17.6. The Morgan fingerprint density at radius 3 is 2.21 bits per heavy atom. The summed E-state index contributed by atoms with van der Waals surface area (Å²) in [6, 6.07) is 11.9. The zero-order valence-corrected chi connectivity index (χ0v) is 23.6. The molecule has 0 radical (unpaired) electrons. The number of hydrogen-bond acceptors (Lipinski definition) is 6. The van der Waals surface area contributed by atoms with Gasteiger partial charge in [0.1, 0.15) is 17.1 Å². The quantitative estimate of drug-likeness (QED) is 0.220. The first kappa shape index (κ1) is 27.6. The molecule has 4 aromatic rings. The lowest BCUT2D eigenvalue weighted by atomic mass is 9.98. The number of fused-ring (bicyclic) bond motifs is 1. The minimum atomic E-state index is -4.07. The van der Waals surface area contributed by atoms with E-state index in [1.54, 1.807) is 45.9 Å². The Labute approximate surface area is 230 Å². The molecule has 1 heterocycles. The summed E-state index contributed by atoms with van der Waals surface area (Å²) >= 11 is 12.9. The van der Waals surface area contributed by atoms with Crippen molar-refractivity contribution in [2.45, 2.75) is 45.1 Å². The number of sulfonamides is 1. The van der Waals surface area contributed by atoms with Gasteiger partial charge in [-0.25, -0.2) is 17.8 Å². The fourth-order valence-electron chi connectivity index (χ4n) is 4.05. The number of ether oxygens (including phenoxy) is 1. The van der Waals surface area contributed by atoms with Crippen molar-refractivity contribution in [1.29, 1.82) is 0 Å². The molecule has 0 aliphatic heterocycles. The fourth-order valence-corrected chi connectivity index (χ4v) is 5.66. The minimum absolute atomic E-state index is 0.0000697. The Bertz CT molecular complexity index is 1690. The van der Waals surface area contributed by atoms with Crippen LogP contribution >= 0.6 is 23.2 Å². The third-order valence-electron chi connectivity index (χ3n) is 5.74. The molecule has 0 bridgehead atoms. The molecule has 200 valence electrons. The second kappa shape index (κ2) is 9.72. The molecule has 0 atom stereocenters. The molecular weight excluding hydrogens is 551 g/mol. The summed E-state index contributed by atoms with van der Waals surface area (Å²) in [5.74, 6) is -0.744. The zero-order chi connectivity index (χ0) is 28.2. The van der Waals surface area contributed by atoms with E-state index in [1.165, 1.54) is 34.9 Å². The van der Waals surface area contributed by atoms with Gasteiger partial charge in [-0.1, -0.05) is 40.9 Å². The Kier molecular flexibility index (Phi) is 7.07. The van der Waals surface area contributed by atoms with Crippen LogP contribution in [0.5, 0.6) is 11.5 Å². The fraction of sp³-hybridized carbons (Fsp3) is 0.222. The smallest absolute Gasteiger partial charge is 0.419 e. The highest BCUT2D eigenvalue weighted by atomic mass is 35.5. The van der Waals surface area contributed by atoms with E-state index in [0.29, 0.717) is 16.6 Å². The molecule has 8 nitrogen and oxygen atoms in total. The number of phenols is 2. The largest absolute Gasteiger partial charge is 0.507 e. The van der Waals surface area contributed by atoms with Crippen molar-refractivity contribution in [2.75, 3.05) is 4.72 Å². The normalized spacial score (nSPS) is 12.1. The van der Waals surface area contributed by atoms with Gasteiger partial charge in [-0.05, 0) is 71.0 Å². The van der Waals surface area contributed by atoms with Crippen LogP contribution < -0.4 is 4.72 Å². The van der Waals surface area contributed by atoms with Crippen molar-refractivity contribution in [1.82, 2.24) is 4.57 Å². The van der Waals surface area contributed by atoms with Crippen LogP contribution in [-0.2, 0) is 14.8 Å². The Morgan fingerprint density at radius 1 is 0.974 bits per heavy atom. The summed E-state index contributed by atoms with van der Waals surface area (Å²) < 4.78 is 35.4. The summed E-state index contributed by atoms with van der Waals surface area (Å²) in [6.45, 7) is 8.74. The number of anilines is 1. The molecule has 38 heavy (non-hydrogen) atoms. The molecule has 3 N–H and O–H groups in total. The lowest BCUT2D eigenvalue weighted by molar-refractivity contribution is 0.0541. The number of carbonyl (C=O) groups excluding carboxylic acids is 1. The summed E-state index contributed by atoms with van der Waals surface area (Å²) in [6.07, 6.45) is -0.630. The minimum Gasteiger partial charge on any atom is -0.507 e. The SMILES string of the molecule is Cc1ccc(S(=O)(=O)Nc2cc(Cl)c(O)c(-c3c(O)ccc4c3cc(C)n4C(=O)OC(C)(C)C)c2Cl)cc1. The van der Waals surface area contributed by atoms with Crippen LogP contribution in [-0.4, -0.2) is 34.9 Å². The Hall–Kier alpha value is -3.40. The number of benzene rings is 3. The van der Waals surface area contributed by atoms with Crippen molar-refractivity contribution in [3.05, 3.63) is 69.8 Å². The number of carbonyl (C=O) groups is 1. The number of aryl methyl sites for hydroxylation is 2. The van der Waals surface area contributed by atoms with Gasteiger partial charge >= 0.3 is 6.09 Å². The molecule has 0 saturated heterocycles. The van der Waals surface area contributed by atoms with E-state index < -0.39 is 27.5 Å². The van der Waals surface area contributed by atoms with Crippen LogP contribution in [0.3, 0.4) is 0 Å². The Balaban J connectivity index is 1.92. The monoisotopic (exact) mass is 576 g/mol. The van der Waals surface area contributed by atoms with E-state index in [2.05, 4.69) is 4.72 Å². The van der Waals surface area contributed by atoms with Crippen molar-refractivity contribution in [3.8, 4) is 22.6 Å². The van der Waals surface area contributed by atoms with Gasteiger partial charge < -0.3 is 14.9 Å². The number of halogens is 2. The third kappa shape index (κ3) is 5.14. The maximum absolute atomic E-state index is 13.0. The third-order valence-corrected chi connectivity index (χ3v) is 7.80. The number of aromatic hydroxyl groups is 2. The molecule has 1 aromatic heterocycles. The highest BCUT2D eigenvalue weighted by Gasteiger charge is 2.27. The van der Waals surface area contributed by atoms with Crippen molar-refractivity contribution >= 4 is 55.9 Å². The summed E-state index contributed by atoms with van der Waals surface area (Å²) in [5, 5.41) is 21.8. The van der Waals surface area contributed by atoms with Crippen LogP contribution in [0.4, 0.5) is 10.5 Å². The van der Waals surface area contributed by atoms with Crippen LogP contribution in [0.1, 0.15) is 32.0 Å². The first-order valence-electron chi connectivity index (χ1n) is 11.5. The predicted molar refractivity (Wildman–Crippen MR) is 149 cm³/mol. The van der Waals surface area contributed by atoms with Gasteiger partial charge in [0.05, 0.1) is 31.7 Å². The van der Waals surface area contributed by atoms with E-state index in [1.807, 2.05) is 6.92 Å². The molecule has 0 saturated carbocycles. The molecular formula is C27H26Cl2N2O6S. The van der Waals surface area contributed by atoms with Gasteiger partial charge in [-0.15, -0.1) is 0 Å². The lowest BCUT2D eigenvalue weighted by Gasteiger charge is -2.20. The molecule has 0 aliphatic rings. The van der Waals surface area contributed by atoms with E-state index in [4.69, 9.17) is 27.9 Å². The van der Waals surface area contributed by atoms with Gasteiger partial charge in [0.15, 0.2) is 0 Å². The number of aromatic nitrogens is 1. The molecule has 3 aromatic carbocycles. The van der Waals surface area contributed by atoms with Crippen LogP contribution in [0.25, 0.3) is 22.0 Å². The lowest BCUT2D eigenvalue weighted by Crippen LogP contribution is -2.27. The second-order valence-electron chi connectivity index (χ2n) is 9.86. The predicted octanol–water partition coefficient (Wildman–Crippen LogP) is 7.23. The number of phenolic OH excluding ortho intramolecular Hbond substituents is 2. The first-order valence-corrected chi connectivity index (χ1v) is 13.7. The molecule has 0 aliphatic carbocycles. The van der Waals surface area contributed by atoms with Gasteiger partial charge in [0, 0.05) is 16.6 Å². The highest BCUT2D eigenvalue weighted by molar-refractivity contribution is 7.92. The molecule has 11 heteroatoms.